The van der Waals surface area contributed by atoms with Gasteiger partial charge in [-0.15, -0.1) is 0 Å². The molecule has 0 spiro atoms. The van der Waals surface area contributed by atoms with E-state index < -0.39 is 5.97 Å². The average Bonchev–Trinajstić information content (AvgIpc) is 2.78. The van der Waals surface area contributed by atoms with Gasteiger partial charge in [-0.1, -0.05) is 5.16 Å². The second-order valence-corrected chi connectivity index (χ2v) is 5.04. The Morgan fingerprint density at radius 2 is 2.10 bits per heavy atom. The van der Waals surface area contributed by atoms with Crippen LogP contribution in [0, 0.1) is 0 Å². The summed E-state index contributed by atoms with van der Waals surface area (Å²) in [6.07, 6.45) is 0.780. The summed E-state index contributed by atoms with van der Waals surface area (Å²) >= 11 is 3.41. The first-order valence-corrected chi connectivity index (χ1v) is 6.74. The van der Waals surface area contributed by atoms with Crippen LogP contribution in [0.2, 0.25) is 0 Å². The first-order chi connectivity index (χ1) is 9.66. The first kappa shape index (κ1) is 13.0. The lowest BCUT2D eigenvalue weighted by atomic mass is 10.1. The summed E-state index contributed by atoms with van der Waals surface area (Å²) in [5.74, 6) is 0.311. The molecular weight excluding hydrogens is 330 g/mol. The zero-order valence-electron chi connectivity index (χ0n) is 10.3. The number of hydrogen-bond acceptors (Lipinski definition) is 5. The number of hydrogen-bond donors (Lipinski definition) is 1. The SMILES string of the molecule is O=C(O)c1cc(-c2c(Br)ccc3c2OCCCO3)on1. The number of carboxylic acid groups (broad SMARTS) is 1. The highest BCUT2D eigenvalue weighted by Gasteiger charge is 2.23. The Morgan fingerprint density at radius 1 is 1.30 bits per heavy atom. The number of ether oxygens (including phenoxy) is 2. The Balaban J connectivity index is 2.14. The predicted octanol–water partition coefficient (Wildman–Crippen LogP) is 2.96. The van der Waals surface area contributed by atoms with Gasteiger partial charge in [0.2, 0.25) is 0 Å². The quantitative estimate of drug-likeness (QED) is 0.905. The predicted molar refractivity (Wildman–Crippen MR) is 72.2 cm³/mol. The van der Waals surface area contributed by atoms with E-state index in [0.29, 0.717) is 36.0 Å². The molecule has 2 heterocycles. The van der Waals surface area contributed by atoms with Gasteiger partial charge in [0.1, 0.15) is 0 Å². The molecule has 1 aromatic heterocycles. The molecule has 0 amide bonds. The van der Waals surface area contributed by atoms with Crippen molar-refractivity contribution in [3.63, 3.8) is 0 Å². The lowest BCUT2D eigenvalue weighted by molar-refractivity contribution is 0.0686. The zero-order valence-corrected chi connectivity index (χ0v) is 11.8. The molecule has 2 aromatic rings. The van der Waals surface area contributed by atoms with Crippen LogP contribution in [0.25, 0.3) is 11.3 Å². The van der Waals surface area contributed by atoms with E-state index in [1.54, 1.807) is 12.1 Å². The monoisotopic (exact) mass is 339 g/mol. The van der Waals surface area contributed by atoms with Gasteiger partial charge in [0.15, 0.2) is 23.0 Å². The number of nitrogens with zero attached hydrogens (tertiary/aromatic N) is 1. The number of carboxylic acids is 1. The zero-order chi connectivity index (χ0) is 14.1. The van der Waals surface area contributed by atoms with Crippen LogP contribution < -0.4 is 9.47 Å². The molecule has 0 saturated carbocycles. The molecule has 6 nitrogen and oxygen atoms in total. The van der Waals surface area contributed by atoms with E-state index >= 15 is 0 Å². The lowest BCUT2D eigenvalue weighted by Crippen LogP contribution is -1.98. The molecule has 0 fully saturated rings. The van der Waals surface area contributed by atoms with Gasteiger partial charge >= 0.3 is 5.97 Å². The van der Waals surface area contributed by atoms with Crippen molar-refractivity contribution in [1.29, 1.82) is 0 Å². The summed E-state index contributed by atoms with van der Waals surface area (Å²) < 4.78 is 17.1. The maximum Gasteiger partial charge on any atom is 0.358 e. The van der Waals surface area contributed by atoms with Crippen molar-refractivity contribution in [1.82, 2.24) is 5.16 Å². The van der Waals surface area contributed by atoms with Gasteiger partial charge in [-0.05, 0) is 28.1 Å². The van der Waals surface area contributed by atoms with Gasteiger partial charge in [-0.3, -0.25) is 0 Å². The van der Waals surface area contributed by atoms with Gasteiger partial charge in [0.05, 0.1) is 18.8 Å². The van der Waals surface area contributed by atoms with Crippen molar-refractivity contribution in [3.8, 4) is 22.8 Å². The molecule has 0 unspecified atom stereocenters. The molecule has 1 aliphatic rings. The van der Waals surface area contributed by atoms with Gasteiger partial charge in [-0.2, -0.15) is 0 Å². The van der Waals surface area contributed by atoms with E-state index in [2.05, 4.69) is 21.1 Å². The van der Waals surface area contributed by atoms with Crippen LogP contribution in [0.1, 0.15) is 16.9 Å². The Labute approximate surface area is 122 Å². The van der Waals surface area contributed by atoms with Crippen LogP contribution in [0.5, 0.6) is 11.5 Å². The molecule has 3 rings (SSSR count). The number of fused-ring (bicyclic) bond motifs is 1. The second kappa shape index (κ2) is 5.16. The molecule has 0 aliphatic carbocycles. The van der Waals surface area contributed by atoms with Crippen molar-refractivity contribution < 1.29 is 23.9 Å². The summed E-state index contributed by atoms with van der Waals surface area (Å²) in [6.45, 7) is 1.10. The molecule has 0 saturated heterocycles. The lowest BCUT2D eigenvalue weighted by Gasteiger charge is -2.12. The molecule has 0 atom stereocenters. The molecule has 20 heavy (non-hydrogen) atoms. The number of rotatable bonds is 2. The van der Waals surface area contributed by atoms with E-state index in [9.17, 15) is 4.79 Å². The van der Waals surface area contributed by atoms with Crippen LogP contribution in [0.3, 0.4) is 0 Å². The highest BCUT2D eigenvalue weighted by Crippen LogP contribution is 2.44. The van der Waals surface area contributed by atoms with Crippen LogP contribution in [-0.4, -0.2) is 29.4 Å². The minimum absolute atomic E-state index is 0.154. The first-order valence-electron chi connectivity index (χ1n) is 5.95. The molecule has 104 valence electrons. The van der Waals surface area contributed by atoms with Crippen molar-refractivity contribution in [2.45, 2.75) is 6.42 Å². The van der Waals surface area contributed by atoms with Crippen molar-refractivity contribution in [2.75, 3.05) is 13.2 Å². The summed E-state index contributed by atoms with van der Waals surface area (Å²) in [5, 5.41) is 12.4. The number of aromatic nitrogens is 1. The largest absolute Gasteiger partial charge is 0.490 e. The molecule has 7 heteroatoms. The number of benzene rings is 1. The summed E-state index contributed by atoms with van der Waals surface area (Å²) in [4.78, 5) is 10.9. The number of carbonyl (C=O) groups is 1. The van der Waals surface area contributed by atoms with Gasteiger partial charge in [0, 0.05) is 17.0 Å². The second-order valence-electron chi connectivity index (χ2n) is 4.18. The van der Waals surface area contributed by atoms with Crippen molar-refractivity contribution >= 4 is 21.9 Å². The highest BCUT2D eigenvalue weighted by molar-refractivity contribution is 9.10. The molecule has 1 aliphatic heterocycles. The third-order valence-corrected chi connectivity index (χ3v) is 3.50. The minimum atomic E-state index is -1.14. The fourth-order valence-electron chi connectivity index (χ4n) is 1.94. The number of halogens is 1. The van der Waals surface area contributed by atoms with Gasteiger partial charge < -0.3 is 19.1 Å². The van der Waals surface area contributed by atoms with Crippen molar-refractivity contribution in [3.05, 3.63) is 28.4 Å². The standard InChI is InChI=1S/C13H10BrNO5/c14-7-2-3-9-12(19-5-1-4-18-9)11(7)10-6-8(13(16)17)15-20-10/h2-3,6H,1,4-5H2,(H,16,17). The van der Waals surface area contributed by atoms with E-state index in [1.165, 1.54) is 6.07 Å². The fraction of sp³-hybridized carbons (Fsp3) is 0.231. The summed E-state index contributed by atoms with van der Waals surface area (Å²) in [6, 6.07) is 4.95. The normalized spacial score (nSPS) is 13.8. The smallest absolute Gasteiger partial charge is 0.358 e. The Morgan fingerprint density at radius 3 is 2.85 bits per heavy atom. The Kier molecular flexibility index (Phi) is 3.35. The van der Waals surface area contributed by atoms with Crippen LogP contribution in [0.4, 0.5) is 0 Å². The maximum absolute atomic E-state index is 10.9. The summed E-state index contributed by atoms with van der Waals surface area (Å²) in [5.41, 5.74) is 0.448. The van der Waals surface area contributed by atoms with Crippen LogP contribution in [-0.2, 0) is 0 Å². The third-order valence-electron chi connectivity index (χ3n) is 2.84. The van der Waals surface area contributed by atoms with Crippen LogP contribution in [0.15, 0.2) is 27.2 Å². The van der Waals surface area contributed by atoms with E-state index in [4.69, 9.17) is 19.1 Å². The molecule has 0 bridgehead atoms. The molecule has 1 aromatic carbocycles. The van der Waals surface area contributed by atoms with E-state index in [1.807, 2.05) is 0 Å². The van der Waals surface area contributed by atoms with E-state index in [-0.39, 0.29) is 5.69 Å². The molecule has 1 N–H and O–H groups in total. The fourth-order valence-corrected chi connectivity index (χ4v) is 2.44. The molecule has 0 radical (unpaired) electrons. The Bertz CT molecular complexity index is 667. The topological polar surface area (TPSA) is 81.8 Å². The van der Waals surface area contributed by atoms with Gasteiger partial charge in [0.25, 0.3) is 0 Å². The van der Waals surface area contributed by atoms with Crippen molar-refractivity contribution in [2.24, 2.45) is 0 Å². The van der Waals surface area contributed by atoms with Crippen LogP contribution >= 0.6 is 15.9 Å². The maximum atomic E-state index is 10.9. The molecular formula is C13H10BrNO5. The minimum Gasteiger partial charge on any atom is -0.490 e. The summed E-state index contributed by atoms with van der Waals surface area (Å²) in [7, 11) is 0. The third kappa shape index (κ3) is 2.24. The average molecular weight is 340 g/mol. The highest BCUT2D eigenvalue weighted by atomic mass is 79.9. The van der Waals surface area contributed by atoms with E-state index in [0.717, 1.165) is 10.9 Å². The Hall–Kier alpha value is -2.02. The number of aromatic carboxylic acids is 1. The van der Waals surface area contributed by atoms with Gasteiger partial charge in [-0.25, -0.2) is 4.79 Å².